The monoisotopic (exact) mass is 296 g/mol. The molecule has 0 fully saturated rings. The molecule has 0 saturated heterocycles. The van der Waals surface area contributed by atoms with Gasteiger partial charge in [0.25, 0.3) is 0 Å². The van der Waals surface area contributed by atoms with Gasteiger partial charge in [0, 0.05) is 30.7 Å². The number of anilines is 1. The molecule has 0 aliphatic carbocycles. The third kappa shape index (κ3) is 3.23. The summed E-state index contributed by atoms with van der Waals surface area (Å²) < 4.78 is 1.58. The lowest BCUT2D eigenvalue weighted by Gasteiger charge is -2.06. The lowest BCUT2D eigenvalue weighted by Crippen LogP contribution is -2.15. The number of rotatable bonds is 4. The second-order valence-electron chi connectivity index (χ2n) is 4.89. The number of nitrogens with zero attached hydrogens (tertiary/aromatic N) is 1. The second kappa shape index (κ2) is 5.97. The molecular weight excluding hydrogens is 280 g/mol. The van der Waals surface area contributed by atoms with Crippen LogP contribution in [0.25, 0.3) is 11.1 Å². The molecule has 0 bridgehead atoms. The summed E-state index contributed by atoms with van der Waals surface area (Å²) in [7, 11) is 1.76. The van der Waals surface area contributed by atoms with Crippen molar-refractivity contribution >= 4 is 17.0 Å². The van der Waals surface area contributed by atoms with E-state index in [1.54, 1.807) is 29.0 Å². The molecule has 0 radical (unpaired) electrons. The molecular formula is C17H16N2OS. The maximum Gasteiger partial charge on any atom is 0.250 e. The molecule has 0 spiro atoms. The highest BCUT2D eigenvalue weighted by Gasteiger charge is 2.02. The first-order valence-corrected chi connectivity index (χ1v) is 7.64. The van der Waals surface area contributed by atoms with Crippen LogP contribution in [-0.2, 0) is 13.6 Å². The van der Waals surface area contributed by atoms with E-state index in [0.717, 1.165) is 12.2 Å². The molecule has 1 aromatic carbocycles. The number of aryl methyl sites for hydroxylation is 1. The average molecular weight is 296 g/mol. The lowest BCUT2D eigenvalue weighted by atomic mass is 10.1. The molecule has 2 aromatic heterocycles. The van der Waals surface area contributed by atoms with E-state index in [4.69, 9.17) is 0 Å². The highest BCUT2D eigenvalue weighted by atomic mass is 32.1. The fourth-order valence-electron chi connectivity index (χ4n) is 2.14. The van der Waals surface area contributed by atoms with E-state index in [9.17, 15) is 4.79 Å². The standard InChI is InChI=1S/C17H16N2OS/c1-19-11-15(7-8-17(19)20)18-10-16-9-14(12-21-16)13-5-3-2-4-6-13/h2-9,11-12,18H,10H2,1H3. The average Bonchev–Trinajstić information content (AvgIpc) is 2.98. The van der Waals surface area contributed by atoms with Gasteiger partial charge >= 0.3 is 0 Å². The van der Waals surface area contributed by atoms with Gasteiger partial charge in [0.2, 0.25) is 5.56 Å². The van der Waals surface area contributed by atoms with Crippen LogP contribution in [0.3, 0.4) is 0 Å². The molecule has 0 amide bonds. The van der Waals surface area contributed by atoms with Crippen molar-refractivity contribution in [2.75, 3.05) is 5.32 Å². The maximum absolute atomic E-state index is 11.3. The molecule has 21 heavy (non-hydrogen) atoms. The van der Waals surface area contributed by atoms with Gasteiger partial charge in [-0.05, 0) is 28.6 Å². The van der Waals surface area contributed by atoms with Gasteiger partial charge in [-0.1, -0.05) is 30.3 Å². The number of hydrogen-bond donors (Lipinski definition) is 1. The molecule has 0 aliphatic rings. The number of thiophene rings is 1. The Kier molecular flexibility index (Phi) is 3.88. The quantitative estimate of drug-likeness (QED) is 0.796. The minimum absolute atomic E-state index is 0.00281. The first-order chi connectivity index (χ1) is 10.2. The summed E-state index contributed by atoms with van der Waals surface area (Å²) in [4.78, 5) is 12.6. The summed E-state index contributed by atoms with van der Waals surface area (Å²) in [6.07, 6.45) is 1.81. The predicted octanol–water partition coefficient (Wildman–Crippen LogP) is 3.73. The topological polar surface area (TPSA) is 34.0 Å². The predicted molar refractivity (Wildman–Crippen MR) is 88.8 cm³/mol. The van der Waals surface area contributed by atoms with Gasteiger partial charge in [0.05, 0.1) is 5.69 Å². The second-order valence-corrected chi connectivity index (χ2v) is 5.88. The molecule has 3 nitrogen and oxygen atoms in total. The van der Waals surface area contributed by atoms with E-state index in [-0.39, 0.29) is 5.56 Å². The zero-order chi connectivity index (χ0) is 14.7. The Bertz CT molecular complexity index is 790. The van der Waals surface area contributed by atoms with Crippen LogP contribution < -0.4 is 10.9 Å². The fraction of sp³-hybridized carbons (Fsp3) is 0.118. The number of benzene rings is 1. The molecule has 4 heteroatoms. The van der Waals surface area contributed by atoms with E-state index in [1.807, 2.05) is 18.3 Å². The molecule has 0 atom stereocenters. The van der Waals surface area contributed by atoms with Crippen LogP contribution in [0.5, 0.6) is 0 Å². The Labute approximate surface area is 127 Å². The molecule has 3 rings (SSSR count). The van der Waals surface area contributed by atoms with E-state index in [0.29, 0.717) is 0 Å². The molecule has 3 aromatic rings. The van der Waals surface area contributed by atoms with E-state index < -0.39 is 0 Å². The number of hydrogen-bond acceptors (Lipinski definition) is 3. The van der Waals surface area contributed by atoms with Crippen LogP contribution in [0.1, 0.15) is 4.88 Å². The largest absolute Gasteiger partial charge is 0.379 e. The third-order valence-corrected chi connectivity index (χ3v) is 4.25. The summed E-state index contributed by atoms with van der Waals surface area (Å²) in [5.74, 6) is 0. The van der Waals surface area contributed by atoms with Crippen molar-refractivity contribution in [2.24, 2.45) is 7.05 Å². The van der Waals surface area contributed by atoms with Gasteiger partial charge in [0.1, 0.15) is 0 Å². The van der Waals surface area contributed by atoms with Crippen molar-refractivity contribution in [1.29, 1.82) is 0 Å². The first-order valence-electron chi connectivity index (χ1n) is 6.76. The molecule has 0 unspecified atom stereocenters. The zero-order valence-electron chi connectivity index (χ0n) is 11.7. The normalized spacial score (nSPS) is 10.5. The zero-order valence-corrected chi connectivity index (χ0v) is 12.6. The smallest absolute Gasteiger partial charge is 0.250 e. The van der Waals surface area contributed by atoms with Gasteiger partial charge < -0.3 is 9.88 Å². The molecule has 2 heterocycles. The third-order valence-electron chi connectivity index (χ3n) is 3.31. The van der Waals surface area contributed by atoms with Crippen molar-refractivity contribution in [3.8, 4) is 11.1 Å². The summed E-state index contributed by atoms with van der Waals surface area (Å²) in [6.45, 7) is 0.760. The van der Waals surface area contributed by atoms with Gasteiger partial charge in [-0.25, -0.2) is 0 Å². The first kappa shape index (κ1) is 13.6. The van der Waals surface area contributed by atoms with Gasteiger partial charge in [-0.3, -0.25) is 4.79 Å². The van der Waals surface area contributed by atoms with E-state index in [1.165, 1.54) is 16.0 Å². The van der Waals surface area contributed by atoms with E-state index in [2.05, 4.69) is 41.0 Å². The van der Waals surface area contributed by atoms with Crippen molar-refractivity contribution in [1.82, 2.24) is 4.57 Å². The highest BCUT2D eigenvalue weighted by Crippen LogP contribution is 2.25. The lowest BCUT2D eigenvalue weighted by molar-refractivity contribution is 0.859. The summed E-state index contributed by atoms with van der Waals surface area (Å²) >= 11 is 1.74. The molecule has 106 valence electrons. The van der Waals surface area contributed by atoms with Crippen molar-refractivity contribution in [3.05, 3.63) is 75.3 Å². The van der Waals surface area contributed by atoms with Crippen LogP contribution in [0.15, 0.2) is 64.9 Å². The van der Waals surface area contributed by atoms with Gasteiger partial charge in [-0.2, -0.15) is 0 Å². The summed E-state index contributed by atoms with van der Waals surface area (Å²) in [6, 6.07) is 16.0. The number of pyridine rings is 1. The van der Waals surface area contributed by atoms with Crippen LogP contribution in [0.2, 0.25) is 0 Å². The van der Waals surface area contributed by atoms with Crippen molar-refractivity contribution in [2.45, 2.75) is 6.54 Å². The van der Waals surface area contributed by atoms with E-state index >= 15 is 0 Å². The van der Waals surface area contributed by atoms with Crippen LogP contribution in [0.4, 0.5) is 5.69 Å². The Morgan fingerprint density at radius 3 is 2.67 bits per heavy atom. The minimum atomic E-state index is 0.00281. The molecule has 1 N–H and O–H groups in total. The molecule has 0 saturated carbocycles. The number of aromatic nitrogens is 1. The SMILES string of the molecule is Cn1cc(NCc2cc(-c3ccccc3)cs2)ccc1=O. The Morgan fingerprint density at radius 1 is 1.10 bits per heavy atom. The Morgan fingerprint density at radius 2 is 1.90 bits per heavy atom. The van der Waals surface area contributed by atoms with Gasteiger partial charge in [0.15, 0.2) is 0 Å². The van der Waals surface area contributed by atoms with Crippen LogP contribution in [-0.4, -0.2) is 4.57 Å². The Hall–Kier alpha value is -2.33. The van der Waals surface area contributed by atoms with Crippen LogP contribution in [0, 0.1) is 0 Å². The minimum Gasteiger partial charge on any atom is -0.379 e. The van der Waals surface area contributed by atoms with Gasteiger partial charge in [-0.15, -0.1) is 11.3 Å². The van der Waals surface area contributed by atoms with Crippen LogP contribution >= 0.6 is 11.3 Å². The summed E-state index contributed by atoms with van der Waals surface area (Å²) in [5.41, 5.74) is 3.44. The fourth-order valence-corrected chi connectivity index (χ4v) is 2.98. The highest BCUT2D eigenvalue weighted by molar-refractivity contribution is 7.10. The Balaban J connectivity index is 1.70. The van der Waals surface area contributed by atoms with Crippen molar-refractivity contribution < 1.29 is 0 Å². The summed E-state index contributed by atoms with van der Waals surface area (Å²) in [5, 5.41) is 5.52. The number of nitrogens with one attached hydrogen (secondary N) is 1. The molecule has 0 aliphatic heterocycles. The maximum atomic E-state index is 11.3. The van der Waals surface area contributed by atoms with Crippen molar-refractivity contribution in [3.63, 3.8) is 0 Å².